The smallest absolute Gasteiger partial charge is 0.237 e. The van der Waals surface area contributed by atoms with Crippen LogP contribution >= 0.6 is 11.8 Å². The van der Waals surface area contributed by atoms with Gasteiger partial charge in [0.2, 0.25) is 5.91 Å². The summed E-state index contributed by atoms with van der Waals surface area (Å²) >= 11 is 1.38. The molecule has 0 aliphatic carbocycles. The Hall–Kier alpha value is -3.13. The van der Waals surface area contributed by atoms with Crippen LogP contribution in [-0.4, -0.2) is 30.9 Å². The maximum Gasteiger partial charge on any atom is 0.237 e. The van der Waals surface area contributed by atoms with E-state index >= 15 is 0 Å². The zero-order chi connectivity index (χ0) is 21.1. The summed E-state index contributed by atoms with van der Waals surface area (Å²) in [5, 5.41) is 12.9. The molecule has 4 rings (SSSR count). The first-order chi connectivity index (χ1) is 14.5. The van der Waals surface area contributed by atoms with Crippen molar-refractivity contribution < 1.29 is 9.21 Å². The minimum atomic E-state index is -0.364. The molecule has 1 N–H and O–H groups in total. The lowest BCUT2D eigenvalue weighted by molar-refractivity contribution is -0.115. The second-order valence-corrected chi connectivity index (χ2v) is 8.59. The fourth-order valence-electron chi connectivity index (χ4n) is 3.18. The number of anilines is 1. The number of hydrogen-bond acceptors (Lipinski definition) is 6. The van der Waals surface area contributed by atoms with E-state index in [1.807, 2.05) is 54.0 Å². The SMILES string of the molecule is CC(Sc1nnc(C(C)C)n1Cc1ccco1)C(=O)Nc1cccc2ncccc12. The molecule has 1 atom stereocenters. The van der Waals surface area contributed by atoms with E-state index < -0.39 is 0 Å². The number of nitrogens with zero attached hydrogens (tertiary/aromatic N) is 4. The first-order valence-electron chi connectivity index (χ1n) is 9.79. The minimum Gasteiger partial charge on any atom is -0.467 e. The normalized spacial score (nSPS) is 12.4. The first kappa shape index (κ1) is 20.2. The van der Waals surface area contributed by atoms with Gasteiger partial charge in [-0.05, 0) is 43.3 Å². The molecule has 0 radical (unpaired) electrons. The number of hydrogen-bond donors (Lipinski definition) is 1. The summed E-state index contributed by atoms with van der Waals surface area (Å²) in [6.45, 7) is 6.53. The molecule has 0 aliphatic rings. The summed E-state index contributed by atoms with van der Waals surface area (Å²) in [5.74, 6) is 1.78. The highest BCUT2D eigenvalue weighted by Crippen LogP contribution is 2.28. The maximum absolute atomic E-state index is 12.9. The third kappa shape index (κ3) is 4.23. The Kier molecular flexibility index (Phi) is 5.85. The molecule has 1 amide bonds. The van der Waals surface area contributed by atoms with Crippen molar-refractivity contribution in [1.29, 1.82) is 0 Å². The third-order valence-electron chi connectivity index (χ3n) is 4.71. The third-order valence-corrected chi connectivity index (χ3v) is 5.79. The quantitative estimate of drug-likeness (QED) is 0.435. The fourth-order valence-corrected chi connectivity index (χ4v) is 4.04. The lowest BCUT2D eigenvalue weighted by Gasteiger charge is -2.15. The molecule has 30 heavy (non-hydrogen) atoms. The highest BCUT2D eigenvalue weighted by molar-refractivity contribution is 8.00. The van der Waals surface area contributed by atoms with Gasteiger partial charge in [-0.1, -0.05) is 31.7 Å². The molecule has 0 fully saturated rings. The van der Waals surface area contributed by atoms with Crippen LogP contribution in [0.2, 0.25) is 0 Å². The molecule has 0 bridgehead atoms. The number of carbonyl (C=O) groups is 1. The second kappa shape index (κ2) is 8.71. The van der Waals surface area contributed by atoms with Crippen molar-refractivity contribution in [3.63, 3.8) is 0 Å². The van der Waals surface area contributed by atoms with E-state index in [0.29, 0.717) is 11.7 Å². The topological polar surface area (TPSA) is 85.8 Å². The predicted molar refractivity (Wildman–Crippen MR) is 118 cm³/mol. The molecule has 3 aromatic heterocycles. The van der Waals surface area contributed by atoms with Gasteiger partial charge in [0, 0.05) is 17.5 Å². The lowest BCUT2D eigenvalue weighted by atomic mass is 10.2. The lowest BCUT2D eigenvalue weighted by Crippen LogP contribution is -2.23. The van der Waals surface area contributed by atoms with Gasteiger partial charge in [-0.3, -0.25) is 14.3 Å². The molecule has 0 saturated heterocycles. The predicted octanol–water partition coefficient (Wildman–Crippen LogP) is 4.71. The monoisotopic (exact) mass is 421 g/mol. The number of aromatic nitrogens is 4. The van der Waals surface area contributed by atoms with Gasteiger partial charge in [-0.15, -0.1) is 10.2 Å². The van der Waals surface area contributed by atoms with Gasteiger partial charge in [0.15, 0.2) is 5.16 Å². The van der Waals surface area contributed by atoms with Crippen molar-refractivity contribution >= 4 is 34.3 Å². The minimum absolute atomic E-state index is 0.102. The van der Waals surface area contributed by atoms with Crippen LogP contribution < -0.4 is 5.32 Å². The molecule has 154 valence electrons. The highest BCUT2D eigenvalue weighted by Gasteiger charge is 2.22. The Morgan fingerprint density at radius 3 is 2.77 bits per heavy atom. The van der Waals surface area contributed by atoms with Crippen LogP contribution in [0.3, 0.4) is 0 Å². The number of fused-ring (bicyclic) bond motifs is 1. The number of nitrogens with one attached hydrogen (secondary N) is 1. The number of benzene rings is 1. The Labute approximate surface area is 178 Å². The van der Waals surface area contributed by atoms with Crippen molar-refractivity contribution in [1.82, 2.24) is 19.7 Å². The van der Waals surface area contributed by atoms with Gasteiger partial charge in [-0.2, -0.15) is 0 Å². The summed E-state index contributed by atoms with van der Waals surface area (Å²) in [5.41, 5.74) is 1.59. The van der Waals surface area contributed by atoms with Gasteiger partial charge < -0.3 is 9.73 Å². The second-order valence-electron chi connectivity index (χ2n) is 7.29. The Morgan fingerprint density at radius 1 is 1.13 bits per heavy atom. The standard InChI is InChI=1S/C22H23N5O2S/c1-14(2)20-25-26-22(27(20)13-16-7-6-12-29-16)30-15(3)21(28)24-19-10-4-9-18-17(19)8-5-11-23-18/h4-12,14-15H,13H2,1-3H3,(H,24,28). The van der Waals surface area contributed by atoms with Gasteiger partial charge in [-0.25, -0.2) is 0 Å². The van der Waals surface area contributed by atoms with Crippen LogP contribution in [0, 0.1) is 0 Å². The molecule has 0 saturated carbocycles. The number of furan rings is 1. The van der Waals surface area contributed by atoms with Crippen LogP contribution in [0.15, 0.2) is 64.5 Å². The summed E-state index contributed by atoms with van der Waals surface area (Å²) in [6.07, 6.45) is 3.39. The number of rotatable bonds is 7. The van der Waals surface area contributed by atoms with E-state index in [1.165, 1.54) is 11.8 Å². The van der Waals surface area contributed by atoms with Crippen molar-refractivity contribution in [2.75, 3.05) is 5.32 Å². The molecule has 1 aromatic carbocycles. The first-order valence-corrected chi connectivity index (χ1v) is 10.7. The Morgan fingerprint density at radius 2 is 2.00 bits per heavy atom. The van der Waals surface area contributed by atoms with E-state index in [1.54, 1.807) is 12.5 Å². The average molecular weight is 422 g/mol. The zero-order valence-corrected chi connectivity index (χ0v) is 17.9. The van der Waals surface area contributed by atoms with Crippen molar-refractivity contribution in [2.24, 2.45) is 0 Å². The Balaban J connectivity index is 1.53. The van der Waals surface area contributed by atoms with Crippen LogP contribution in [0.1, 0.15) is 38.3 Å². The summed E-state index contributed by atoms with van der Waals surface area (Å²) in [4.78, 5) is 17.2. The van der Waals surface area contributed by atoms with Crippen LogP contribution in [-0.2, 0) is 11.3 Å². The largest absolute Gasteiger partial charge is 0.467 e. The van der Waals surface area contributed by atoms with E-state index in [4.69, 9.17) is 4.42 Å². The van der Waals surface area contributed by atoms with Gasteiger partial charge >= 0.3 is 0 Å². The molecule has 1 unspecified atom stereocenters. The zero-order valence-electron chi connectivity index (χ0n) is 17.1. The Bertz CT molecular complexity index is 1150. The summed E-state index contributed by atoms with van der Waals surface area (Å²) < 4.78 is 7.51. The molecule has 8 heteroatoms. The van der Waals surface area contributed by atoms with E-state index in [-0.39, 0.29) is 17.1 Å². The van der Waals surface area contributed by atoms with Gasteiger partial charge in [0.05, 0.1) is 29.3 Å². The van der Waals surface area contributed by atoms with Gasteiger partial charge in [0.25, 0.3) is 0 Å². The van der Waals surface area contributed by atoms with Crippen LogP contribution in [0.25, 0.3) is 10.9 Å². The molecule has 7 nitrogen and oxygen atoms in total. The van der Waals surface area contributed by atoms with E-state index in [9.17, 15) is 4.79 Å². The molecule has 3 heterocycles. The molecule has 0 spiro atoms. The molecular weight excluding hydrogens is 398 g/mol. The van der Waals surface area contributed by atoms with Crippen molar-refractivity contribution in [3.05, 3.63) is 66.5 Å². The summed E-state index contributed by atoms with van der Waals surface area (Å²) in [6, 6.07) is 13.3. The van der Waals surface area contributed by atoms with E-state index in [2.05, 4.69) is 34.3 Å². The number of amides is 1. The van der Waals surface area contributed by atoms with Crippen molar-refractivity contribution in [2.45, 2.75) is 43.6 Å². The van der Waals surface area contributed by atoms with Crippen LogP contribution in [0.5, 0.6) is 0 Å². The fraction of sp³-hybridized carbons (Fsp3) is 0.273. The average Bonchev–Trinajstić information content (AvgIpc) is 3.39. The molecular formula is C22H23N5O2S. The van der Waals surface area contributed by atoms with E-state index in [0.717, 1.165) is 28.2 Å². The van der Waals surface area contributed by atoms with Crippen LogP contribution in [0.4, 0.5) is 5.69 Å². The van der Waals surface area contributed by atoms with Crippen molar-refractivity contribution in [3.8, 4) is 0 Å². The van der Waals surface area contributed by atoms with Gasteiger partial charge in [0.1, 0.15) is 11.6 Å². The molecule has 4 aromatic rings. The highest BCUT2D eigenvalue weighted by atomic mass is 32.2. The number of pyridine rings is 1. The number of carbonyl (C=O) groups excluding carboxylic acids is 1. The molecule has 0 aliphatic heterocycles. The summed E-state index contributed by atoms with van der Waals surface area (Å²) in [7, 11) is 0. The maximum atomic E-state index is 12.9. The number of thioether (sulfide) groups is 1.